The third-order valence-corrected chi connectivity index (χ3v) is 5.35. The highest BCUT2D eigenvalue weighted by molar-refractivity contribution is 5.53. The molecular formula is C17H24N2. The lowest BCUT2D eigenvalue weighted by Gasteiger charge is -2.43. The van der Waals surface area contributed by atoms with E-state index < -0.39 is 0 Å². The van der Waals surface area contributed by atoms with E-state index in [1.807, 2.05) is 0 Å². The lowest BCUT2D eigenvalue weighted by Crippen LogP contribution is -2.55. The van der Waals surface area contributed by atoms with Crippen molar-refractivity contribution in [1.82, 2.24) is 4.90 Å². The molecule has 2 nitrogen and oxygen atoms in total. The van der Waals surface area contributed by atoms with Gasteiger partial charge < -0.3 is 4.90 Å². The summed E-state index contributed by atoms with van der Waals surface area (Å²) in [7, 11) is 0. The summed E-state index contributed by atoms with van der Waals surface area (Å²) in [6.07, 6.45) is 6.73. The topological polar surface area (TPSA) is 6.48 Å². The van der Waals surface area contributed by atoms with Gasteiger partial charge in [0.15, 0.2) is 0 Å². The van der Waals surface area contributed by atoms with Crippen LogP contribution in [-0.4, -0.2) is 36.6 Å². The van der Waals surface area contributed by atoms with Crippen molar-refractivity contribution in [1.29, 1.82) is 0 Å². The van der Waals surface area contributed by atoms with Crippen molar-refractivity contribution in [2.45, 2.75) is 51.1 Å². The SMILES string of the molecule is CC1CN2CCCC2CN1c1ccc2c(c1)CCC2. The molecule has 102 valence electrons. The standard InChI is InChI=1S/C17H24N2/c1-13-11-18-9-3-6-17(18)12-19(13)16-8-7-14-4-2-5-15(14)10-16/h7-8,10,13,17H,2-6,9,11-12H2,1H3. The zero-order valence-corrected chi connectivity index (χ0v) is 11.9. The average Bonchev–Trinajstić information content (AvgIpc) is 3.04. The van der Waals surface area contributed by atoms with Gasteiger partial charge >= 0.3 is 0 Å². The van der Waals surface area contributed by atoms with Crippen LogP contribution in [0.5, 0.6) is 0 Å². The van der Waals surface area contributed by atoms with Crippen molar-refractivity contribution in [3.05, 3.63) is 29.3 Å². The third-order valence-electron chi connectivity index (χ3n) is 5.35. The summed E-state index contributed by atoms with van der Waals surface area (Å²) in [4.78, 5) is 5.36. The molecule has 0 saturated carbocycles. The Balaban J connectivity index is 1.61. The molecule has 2 saturated heterocycles. The van der Waals surface area contributed by atoms with Crippen molar-refractivity contribution >= 4 is 5.69 Å². The zero-order valence-electron chi connectivity index (χ0n) is 11.9. The Bertz CT molecular complexity index is 482. The third kappa shape index (κ3) is 1.97. The van der Waals surface area contributed by atoms with Crippen LogP contribution in [0.4, 0.5) is 5.69 Å². The maximum atomic E-state index is 2.70. The highest BCUT2D eigenvalue weighted by Crippen LogP contribution is 2.31. The van der Waals surface area contributed by atoms with Gasteiger partial charge in [-0.1, -0.05) is 6.07 Å². The first-order chi connectivity index (χ1) is 9.31. The van der Waals surface area contributed by atoms with Crippen LogP contribution in [0.1, 0.15) is 37.3 Å². The molecule has 2 fully saturated rings. The lowest BCUT2D eigenvalue weighted by atomic mass is 10.0. The van der Waals surface area contributed by atoms with Crippen molar-refractivity contribution in [2.75, 3.05) is 24.5 Å². The number of rotatable bonds is 1. The van der Waals surface area contributed by atoms with E-state index in [0.29, 0.717) is 6.04 Å². The fourth-order valence-electron chi connectivity index (χ4n) is 4.28. The fraction of sp³-hybridized carbons (Fsp3) is 0.647. The van der Waals surface area contributed by atoms with Gasteiger partial charge in [0, 0.05) is 30.9 Å². The Hall–Kier alpha value is -1.02. The maximum Gasteiger partial charge on any atom is 0.0389 e. The van der Waals surface area contributed by atoms with Gasteiger partial charge in [-0.25, -0.2) is 0 Å². The Morgan fingerprint density at radius 1 is 1.05 bits per heavy atom. The van der Waals surface area contributed by atoms with Gasteiger partial charge in [0.25, 0.3) is 0 Å². The predicted molar refractivity (Wildman–Crippen MR) is 79.9 cm³/mol. The van der Waals surface area contributed by atoms with Crippen LogP contribution in [0.15, 0.2) is 18.2 Å². The Morgan fingerprint density at radius 2 is 1.95 bits per heavy atom. The summed E-state index contributed by atoms with van der Waals surface area (Å²) in [5.74, 6) is 0. The van der Waals surface area contributed by atoms with Crippen molar-refractivity contribution in [3.8, 4) is 0 Å². The summed E-state index contributed by atoms with van der Waals surface area (Å²) < 4.78 is 0. The van der Waals surface area contributed by atoms with E-state index in [9.17, 15) is 0 Å². The van der Waals surface area contributed by atoms with Gasteiger partial charge in [-0.15, -0.1) is 0 Å². The second-order valence-electron chi connectivity index (χ2n) is 6.60. The zero-order chi connectivity index (χ0) is 12.8. The monoisotopic (exact) mass is 256 g/mol. The average molecular weight is 256 g/mol. The molecule has 0 bridgehead atoms. The minimum absolute atomic E-state index is 0.661. The molecule has 0 radical (unpaired) electrons. The number of nitrogens with zero attached hydrogens (tertiary/aromatic N) is 2. The smallest absolute Gasteiger partial charge is 0.0389 e. The quantitative estimate of drug-likeness (QED) is 0.762. The number of anilines is 1. The molecule has 0 spiro atoms. The Morgan fingerprint density at radius 3 is 2.89 bits per heavy atom. The number of hydrogen-bond acceptors (Lipinski definition) is 2. The normalized spacial score (nSPS) is 30.5. The lowest BCUT2D eigenvalue weighted by molar-refractivity contribution is 0.203. The van der Waals surface area contributed by atoms with Crippen LogP contribution < -0.4 is 4.90 Å². The molecule has 1 aromatic rings. The maximum absolute atomic E-state index is 2.70. The van der Waals surface area contributed by atoms with E-state index in [4.69, 9.17) is 0 Å². The summed E-state index contributed by atoms with van der Waals surface area (Å²) in [5, 5.41) is 0. The van der Waals surface area contributed by atoms with Gasteiger partial charge in [-0.3, -0.25) is 4.90 Å². The summed E-state index contributed by atoms with van der Waals surface area (Å²) in [6.45, 7) is 6.20. The van der Waals surface area contributed by atoms with Crippen molar-refractivity contribution < 1.29 is 0 Å². The fourth-order valence-corrected chi connectivity index (χ4v) is 4.28. The van der Waals surface area contributed by atoms with E-state index in [-0.39, 0.29) is 0 Å². The molecule has 2 heteroatoms. The molecule has 2 heterocycles. The largest absolute Gasteiger partial charge is 0.366 e. The van der Waals surface area contributed by atoms with Gasteiger partial charge in [0.2, 0.25) is 0 Å². The summed E-state index contributed by atoms with van der Waals surface area (Å²) in [5.41, 5.74) is 4.68. The first-order valence-electron chi connectivity index (χ1n) is 7.94. The van der Waals surface area contributed by atoms with E-state index in [2.05, 4.69) is 34.9 Å². The Labute approximate surface area is 116 Å². The van der Waals surface area contributed by atoms with Crippen LogP contribution >= 0.6 is 0 Å². The number of hydrogen-bond donors (Lipinski definition) is 0. The molecule has 1 aliphatic carbocycles. The molecule has 2 atom stereocenters. The molecule has 0 N–H and O–H groups in total. The number of fused-ring (bicyclic) bond motifs is 2. The van der Waals surface area contributed by atoms with Crippen LogP contribution in [0.2, 0.25) is 0 Å². The first kappa shape index (κ1) is 11.8. The van der Waals surface area contributed by atoms with Crippen molar-refractivity contribution in [2.24, 2.45) is 0 Å². The summed E-state index contributed by atoms with van der Waals surface area (Å²) in [6, 6.07) is 8.69. The molecule has 2 aliphatic heterocycles. The van der Waals surface area contributed by atoms with E-state index >= 15 is 0 Å². The summed E-state index contributed by atoms with van der Waals surface area (Å²) >= 11 is 0. The minimum atomic E-state index is 0.661. The number of benzene rings is 1. The highest BCUT2D eigenvalue weighted by Gasteiger charge is 2.34. The van der Waals surface area contributed by atoms with Crippen LogP contribution in [0.25, 0.3) is 0 Å². The van der Waals surface area contributed by atoms with Gasteiger partial charge in [-0.05, 0) is 68.8 Å². The second kappa shape index (κ2) is 4.52. The molecular weight excluding hydrogens is 232 g/mol. The Kier molecular flexibility index (Phi) is 2.80. The van der Waals surface area contributed by atoms with E-state index in [0.717, 1.165) is 6.04 Å². The van der Waals surface area contributed by atoms with Gasteiger partial charge in [0.1, 0.15) is 0 Å². The number of piperazine rings is 1. The molecule has 1 aromatic carbocycles. The predicted octanol–water partition coefficient (Wildman–Crippen LogP) is 2.85. The molecule has 2 unspecified atom stereocenters. The van der Waals surface area contributed by atoms with Crippen LogP contribution in [0.3, 0.4) is 0 Å². The first-order valence-corrected chi connectivity index (χ1v) is 7.94. The van der Waals surface area contributed by atoms with E-state index in [1.165, 1.54) is 57.4 Å². The van der Waals surface area contributed by atoms with Crippen LogP contribution in [-0.2, 0) is 12.8 Å². The van der Waals surface area contributed by atoms with E-state index in [1.54, 1.807) is 11.1 Å². The van der Waals surface area contributed by atoms with Crippen molar-refractivity contribution in [3.63, 3.8) is 0 Å². The van der Waals surface area contributed by atoms with Gasteiger partial charge in [-0.2, -0.15) is 0 Å². The molecule has 19 heavy (non-hydrogen) atoms. The van der Waals surface area contributed by atoms with Crippen LogP contribution in [0, 0.1) is 0 Å². The molecule has 0 aromatic heterocycles. The minimum Gasteiger partial charge on any atom is -0.366 e. The second-order valence-corrected chi connectivity index (χ2v) is 6.60. The number of aryl methyl sites for hydroxylation is 2. The van der Waals surface area contributed by atoms with Gasteiger partial charge in [0.05, 0.1) is 0 Å². The molecule has 0 amide bonds. The highest BCUT2D eigenvalue weighted by atomic mass is 15.3. The molecule has 4 rings (SSSR count). The molecule has 3 aliphatic rings.